The zero-order chi connectivity index (χ0) is 21.7. The SMILES string of the molecule is COc1cccc(-c2ccc3c(c2)CCC2(CC2)C3NC(=O)O[C@@H]2CN3CCC2CC3)c1. The Kier molecular flexibility index (Phi) is 4.90. The second-order valence-electron chi connectivity index (χ2n) is 10.2. The summed E-state index contributed by atoms with van der Waals surface area (Å²) in [5.41, 5.74) is 5.19. The van der Waals surface area contributed by atoms with Gasteiger partial charge in [-0.15, -0.1) is 0 Å². The Labute approximate surface area is 190 Å². The van der Waals surface area contributed by atoms with Crippen molar-refractivity contribution >= 4 is 6.09 Å². The van der Waals surface area contributed by atoms with Crippen molar-refractivity contribution in [2.45, 2.75) is 50.7 Å². The molecule has 2 bridgehead atoms. The van der Waals surface area contributed by atoms with Gasteiger partial charge in [0.25, 0.3) is 0 Å². The average molecular weight is 433 g/mol. The molecule has 5 nitrogen and oxygen atoms in total. The number of fused-ring (bicyclic) bond motifs is 4. The molecule has 5 aliphatic rings. The third kappa shape index (κ3) is 3.57. The lowest BCUT2D eigenvalue weighted by atomic mass is 9.76. The number of methoxy groups -OCH3 is 1. The molecule has 3 heterocycles. The lowest BCUT2D eigenvalue weighted by molar-refractivity contribution is -0.0347. The summed E-state index contributed by atoms with van der Waals surface area (Å²) in [6, 6.07) is 15.0. The second kappa shape index (κ2) is 7.80. The van der Waals surface area contributed by atoms with Crippen molar-refractivity contribution in [1.29, 1.82) is 0 Å². The topological polar surface area (TPSA) is 50.8 Å². The Morgan fingerprint density at radius 3 is 2.59 bits per heavy atom. The van der Waals surface area contributed by atoms with Gasteiger partial charge in [-0.3, -0.25) is 4.90 Å². The van der Waals surface area contributed by atoms with E-state index in [1.165, 1.54) is 29.5 Å². The van der Waals surface area contributed by atoms with Crippen LogP contribution in [0.25, 0.3) is 11.1 Å². The van der Waals surface area contributed by atoms with E-state index in [-0.39, 0.29) is 23.7 Å². The number of rotatable bonds is 4. The summed E-state index contributed by atoms with van der Waals surface area (Å²) in [6.07, 6.45) is 6.70. The molecule has 1 spiro atoms. The normalized spacial score (nSPS) is 29.3. The van der Waals surface area contributed by atoms with Gasteiger partial charge in [-0.1, -0.05) is 30.3 Å². The summed E-state index contributed by atoms with van der Waals surface area (Å²) in [5, 5.41) is 3.31. The molecule has 1 amide bonds. The number of ether oxygens (including phenoxy) is 2. The summed E-state index contributed by atoms with van der Waals surface area (Å²) >= 11 is 0. The molecule has 3 saturated heterocycles. The van der Waals surface area contributed by atoms with Crippen LogP contribution in [0.3, 0.4) is 0 Å². The number of nitrogens with zero attached hydrogens (tertiary/aromatic N) is 1. The Morgan fingerprint density at radius 1 is 1.06 bits per heavy atom. The Balaban J connectivity index is 1.22. The molecular weight excluding hydrogens is 400 g/mol. The number of carbonyl (C=O) groups is 1. The molecule has 2 aromatic carbocycles. The zero-order valence-electron chi connectivity index (χ0n) is 18.8. The highest BCUT2D eigenvalue weighted by atomic mass is 16.6. The van der Waals surface area contributed by atoms with Crippen molar-refractivity contribution in [3.05, 3.63) is 53.6 Å². The van der Waals surface area contributed by atoms with Crippen LogP contribution in [0.5, 0.6) is 5.75 Å². The van der Waals surface area contributed by atoms with Crippen molar-refractivity contribution in [1.82, 2.24) is 10.2 Å². The highest BCUT2D eigenvalue weighted by Gasteiger charge is 2.53. The van der Waals surface area contributed by atoms with Crippen LogP contribution >= 0.6 is 0 Å². The third-order valence-corrected chi connectivity index (χ3v) is 8.37. The molecule has 2 aliphatic carbocycles. The van der Waals surface area contributed by atoms with Crippen LogP contribution in [0.4, 0.5) is 4.79 Å². The van der Waals surface area contributed by atoms with Crippen molar-refractivity contribution in [3.8, 4) is 16.9 Å². The van der Waals surface area contributed by atoms with Crippen molar-refractivity contribution in [2.24, 2.45) is 11.3 Å². The first-order valence-electron chi connectivity index (χ1n) is 12.1. The van der Waals surface area contributed by atoms with Gasteiger partial charge in [0.1, 0.15) is 11.9 Å². The molecule has 32 heavy (non-hydrogen) atoms. The van der Waals surface area contributed by atoms with E-state index < -0.39 is 0 Å². The summed E-state index contributed by atoms with van der Waals surface area (Å²) in [6.45, 7) is 3.20. The number of hydrogen-bond acceptors (Lipinski definition) is 4. The van der Waals surface area contributed by atoms with E-state index in [9.17, 15) is 4.79 Å². The molecule has 1 N–H and O–H groups in total. The quantitative estimate of drug-likeness (QED) is 0.743. The Bertz CT molecular complexity index is 1020. The van der Waals surface area contributed by atoms with Crippen molar-refractivity contribution in [2.75, 3.05) is 26.7 Å². The van der Waals surface area contributed by atoms with E-state index in [1.807, 2.05) is 12.1 Å². The number of hydrogen-bond donors (Lipinski definition) is 1. The summed E-state index contributed by atoms with van der Waals surface area (Å²) in [5.74, 6) is 1.40. The van der Waals surface area contributed by atoms with Gasteiger partial charge in [0.05, 0.1) is 13.2 Å². The summed E-state index contributed by atoms with van der Waals surface area (Å²) in [7, 11) is 1.70. The average Bonchev–Trinajstić information content (AvgIpc) is 3.62. The number of carbonyl (C=O) groups excluding carboxylic acids is 1. The smallest absolute Gasteiger partial charge is 0.407 e. The number of piperidine rings is 3. The molecule has 1 unspecified atom stereocenters. The van der Waals surface area contributed by atoms with Crippen LogP contribution in [0.1, 0.15) is 49.3 Å². The molecule has 2 aromatic rings. The largest absolute Gasteiger partial charge is 0.497 e. The van der Waals surface area contributed by atoms with Gasteiger partial charge in [-0.05, 0) is 97.3 Å². The van der Waals surface area contributed by atoms with Crippen LogP contribution in [-0.4, -0.2) is 43.8 Å². The van der Waals surface area contributed by atoms with Crippen molar-refractivity contribution in [3.63, 3.8) is 0 Å². The first-order chi connectivity index (χ1) is 15.6. The fraction of sp³-hybridized carbons (Fsp3) is 0.519. The second-order valence-corrected chi connectivity index (χ2v) is 10.2. The predicted molar refractivity (Wildman–Crippen MR) is 124 cm³/mol. The lowest BCUT2D eigenvalue weighted by Crippen LogP contribution is -2.53. The molecule has 0 aromatic heterocycles. The van der Waals surface area contributed by atoms with Crippen LogP contribution in [-0.2, 0) is 11.2 Å². The fourth-order valence-electron chi connectivity index (χ4n) is 6.21. The third-order valence-electron chi connectivity index (χ3n) is 8.37. The van der Waals surface area contributed by atoms with E-state index in [0.29, 0.717) is 5.92 Å². The first kappa shape index (κ1) is 20.1. The van der Waals surface area contributed by atoms with E-state index in [0.717, 1.165) is 56.6 Å². The minimum atomic E-state index is -0.232. The lowest BCUT2D eigenvalue weighted by Gasteiger charge is -2.44. The minimum absolute atomic E-state index is 0.0474. The number of nitrogens with one attached hydrogen (secondary N) is 1. The molecule has 1 saturated carbocycles. The molecule has 7 rings (SSSR count). The number of alkyl carbamates (subject to hydrolysis) is 1. The molecule has 4 fully saturated rings. The molecule has 5 heteroatoms. The van der Waals surface area contributed by atoms with E-state index in [4.69, 9.17) is 9.47 Å². The maximum atomic E-state index is 13.0. The standard InChI is InChI=1S/C27H32N2O3/c1-31-22-4-2-3-19(16-22)20-5-6-23-21(15-20)7-10-27(11-12-27)25(23)28-26(30)32-24-17-29-13-8-18(24)9-14-29/h2-6,15-16,18,24-25H,7-14,17H2,1H3,(H,28,30)/t24-,25?/m1/s1. The monoisotopic (exact) mass is 432 g/mol. The molecule has 3 aliphatic heterocycles. The van der Waals surface area contributed by atoms with Crippen LogP contribution in [0.2, 0.25) is 0 Å². The van der Waals surface area contributed by atoms with Gasteiger partial charge in [-0.2, -0.15) is 0 Å². The predicted octanol–water partition coefficient (Wildman–Crippen LogP) is 4.95. The highest BCUT2D eigenvalue weighted by molar-refractivity contribution is 5.70. The molecule has 0 radical (unpaired) electrons. The van der Waals surface area contributed by atoms with Gasteiger partial charge in [-0.25, -0.2) is 4.79 Å². The van der Waals surface area contributed by atoms with E-state index in [1.54, 1.807) is 7.11 Å². The van der Waals surface area contributed by atoms with Crippen LogP contribution in [0, 0.1) is 11.3 Å². The first-order valence-corrected chi connectivity index (χ1v) is 12.1. The number of benzene rings is 2. The molecule has 2 atom stereocenters. The maximum Gasteiger partial charge on any atom is 0.407 e. The number of aryl methyl sites for hydroxylation is 1. The fourth-order valence-corrected chi connectivity index (χ4v) is 6.21. The van der Waals surface area contributed by atoms with Gasteiger partial charge in [0.15, 0.2) is 0 Å². The minimum Gasteiger partial charge on any atom is -0.497 e. The molecule has 168 valence electrons. The van der Waals surface area contributed by atoms with Gasteiger partial charge in [0.2, 0.25) is 0 Å². The van der Waals surface area contributed by atoms with E-state index in [2.05, 4.69) is 40.5 Å². The zero-order valence-corrected chi connectivity index (χ0v) is 18.8. The summed E-state index contributed by atoms with van der Waals surface area (Å²) < 4.78 is 11.4. The van der Waals surface area contributed by atoms with Crippen molar-refractivity contribution < 1.29 is 14.3 Å². The van der Waals surface area contributed by atoms with E-state index >= 15 is 0 Å². The maximum absolute atomic E-state index is 13.0. The van der Waals surface area contributed by atoms with Gasteiger partial charge in [0, 0.05) is 6.54 Å². The number of amides is 1. The highest BCUT2D eigenvalue weighted by Crippen LogP contribution is 2.61. The van der Waals surface area contributed by atoms with Gasteiger partial charge < -0.3 is 14.8 Å². The van der Waals surface area contributed by atoms with Crippen LogP contribution in [0.15, 0.2) is 42.5 Å². The molecular formula is C27H32N2O3. The summed E-state index contributed by atoms with van der Waals surface area (Å²) in [4.78, 5) is 15.4. The Morgan fingerprint density at radius 2 is 1.88 bits per heavy atom. The van der Waals surface area contributed by atoms with Crippen LogP contribution < -0.4 is 10.1 Å². The Hall–Kier alpha value is -2.53. The van der Waals surface area contributed by atoms with Gasteiger partial charge >= 0.3 is 6.09 Å².